The van der Waals surface area contributed by atoms with Crippen LogP contribution in [0.5, 0.6) is 0 Å². The summed E-state index contributed by atoms with van der Waals surface area (Å²) in [6.07, 6.45) is 6.34. The Morgan fingerprint density at radius 2 is 2.13 bits per heavy atom. The molecule has 0 amide bonds. The Morgan fingerprint density at radius 3 is 2.78 bits per heavy atom. The van der Waals surface area contributed by atoms with Gasteiger partial charge in [-0.15, -0.1) is 0 Å². The van der Waals surface area contributed by atoms with Crippen molar-refractivity contribution in [3.05, 3.63) is 30.0 Å². The fourth-order valence-electron chi connectivity index (χ4n) is 2.94. The Morgan fingerprint density at radius 1 is 1.35 bits per heavy atom. The summed E-state index contributed by atoms with van der Waals surface area (Å²) in [5.74, 6) is 0.629. The molecule has 2 aromatic heterocycles. The Kier molecular flexibility index (Phi) is 4.07. The molecule has 23 heavy (non-hydrogen) atoms. The fourth-order valence-corrected chi connectivity index (χ4v) is 4.81. The van der Waals surface area contributed by atoms with Gasteiger partial charge >= 0.3 is 0 Å². The van der Waals surface area contributed by atoms with Gasteiger partial charge in [0.2, 0.25) is 10.0 Å². The molecule has 1 aliphatic heterocycles. The summed E-state index contributed by atoms with van der Waals surface area (Å²) in [7, 11) is -0.126. The monoisotopic (exact) mass is 336 g/mol. The highest BCUT2D eigenvalue weighted by atomic mass is 32.2. The maximum Gasteiger partial charge on any atom is 0.247 e. The molecule has 8 nitrogen and oxygen atoms in total. The number of rotatable bonds is 4. The SMILES string of the molecule is CNc1cncc([C@H]2CCCN2S(=O)(=O)c2cn(C)nc2C)n1. The molecule has 0 aromatic carbocycles. The molecule has 3 rings (SSSR count). The third-order valence-corrected chi connectivity index (χ3v) is 6.02. The average molecular weight is 336 g/mol. The van der Waals surface area contributed by atoms with Gasteiger partial charge in [0.05, 0.1) is 29.8 Å². The molecule has 1 atom stereocenters. The fraction of sp³-hybridized carbons (Fsp3) is 0.500. The summed E-state index contributed by atoms with van der Waals surface area (Å²) < 4.78 is 29.1. The normalized spacial score (nSPS) is 19.2. The van der Waals surface area contributed by atoms with E-state index in [1.165, 1.54) is 8.99 Å². The van der Waals surface area contributed by atoms with Crippen LogP contribution >= 0.6 is 0 Å². The number of aryl methyl sites for hydroxylation is 2. The lowest BCUT2D eigenvalue weighted by Gasteiger charge is -2.23. The maximum absolute atomic E-state index is 13.0. The van der Waals surface area contributed by atoms with Gasteiger partial charge in [0.15, 0.2) is 0 Å². The van der Waals surface area contributed by atoms with Crippen LogP contribution in [0.15, 0.2) is 23.5 Å². The van der Waals surface area contributed by atoms with Crippen molar-refractivity contribution in [2.75, 3.05) is 18.9 Å². The van der Waals surface area contributed by atoms with Crippen molar-refractivity contribution in [3.8, 4) is 0 Å². The van der Waals surface area contributed by atoms with Crippen molar-refractivity contribution in [2.45, 2.75) is 30.7 Å². The Hall–Kier alpha value is -2.00. The summed E-state index contributed by atoms with van der Waals surface area (Å²) in [6.45, 7) is 2.19. The van der Waals surface area contributed by atoms with E-state index in [4.69, 9.17) is 0 Å². The van der Waals surface area contributed by atoms with Gasteiger partial charge in [0, 0.05) is 26.8 Å². The number of hydrogen-bond acceptors (Lipinski definition) is 6. The third kappa shape index (κ3) is 2.81. The summed E-state index contributed by atoms with van der Waals surface area (Å²) >= 11 is 0. The van der Waals surface area contributed by atoms with Gasteiger partial charge < -0.3 is 5.32 Å². The number of nitrogens with zero attached hydrogens (tertiary/aromatic N) is 5. The predicted octanol–water partition coefficient (Wildman–Crippen LogP) is 1.09. The molecule has 124 valence electrons. The zero-order chi connectivity index (χ0) is 16.6. The van der Waals surface area contributed by atoms with E-state index in [0.29, 0.717) is 23.8 Å². The molecular formula is C14H20N6O2S. The van der Waals surface area contributed by atoms with E-state index in [2.05, 4.69) is 20.4 Å². The van der Waals surface area contributed by atoms with Crippen molar-refractivity contribution >= 4 is 15.8 Å². The Balaban J connectivity index is 1.99. The highest BCUT2D eigenvalue weighted by molar-refractivity contribution is 7.89. The van der Waals surface area contributed by atoms with Gasteiger partial charge in [-0.2, -0.15) is 9.40 Å². The lowest BCUT2D eigenvalue weighted by molar-refractivity contribution is 0.389. The molecule has 1 saturated heterocycles. The molecule has 1 aliphatic rings. The standard InChI is InChI=1S/C14H20N6O2S/c1-10-13(9-19(3)18-10)23(21,22)20-6-4-5-12(20)11-7-16-8-14(15-2)17-11/h7-9,12H,4-6H2,1-3H3,(H,15,17)/t12-/m1/s1. The lowest BCUT2D eigenvalue weighted by atomic mass is 10.2. The molecule has 2 aromatic rings. The van der Waals surface area contributed by atoms with E-state index < -0.39 is 10.0 Å². The first-order valence-electron chi connectivity index (χ1n) is 7.45. The second kappa shape index (κ2) is 5.89. The van der Waals surface area contributed by atoms with Crippen molar-refractivity contribution in [1.29, 1.82) is 0 Å². The zero-order valence-corrected chi connectivity index (χ0v) is 14.2. The molecule has 0 radical (unpaired) electrons. The van der Waals surface area contributed by atoms with Crippen LogP contribution < -0.4 is 5.32 Å². The van der Waals surface area contributed by atoms with E-state index in [9.17, 15) is 8.42 Å². The summed E-state index contributed by atoms with van der Waals surface area (Å²) in [6, 6.07) is -0.291. The van der Waals surface area contributed by atoms with Crippen LogP contribution in [0.25, 0.3) is 0 Å². The summed E-state index contributed by atoms with van der Waals surface area (Å²) in [5.41, 5.74) is 1.17. The summed E-state index contributed by atoms with van der Waals surface area (Å²) in [5, 5.41) is 7.08. The minimum atomic E-state index is -3.60. The quantitative estimate of drug-likeness (QED) is 0.898. The average Bonchev–Trinajstić information content (AvgIpc) is 3.14. The van der Waals surface area contributed by atoms with Crippen LogP contribution in [0.2, 0.25) is 0 Å². The molecule has 0 aliphatic carbocycles. The molecule has 0 bridgehead atoms. The highest BCUT2D eigenvalue weighted by Gasteiger charge is 2.38. The zero-order valence-electron chi connectivity index (χ0n) is 13.4. The number of hydrogen-bond donors (Lipinski definition) is 1. The van der Waals surface area contributed by atoms with E-state index >= 15 is 0 Å². The smallest absolute Gasteiger partial charge is 0.247 e. The Bertz CT molecular complexity index is 816. The first-order valence-corrected chi connectivity index (χ1v) is 8.89. The largest absolute Gasteiger partial charge is 0.372 e. The lowest BCUT2D eigenvalue weighted by Crippen LogP contribution is -2.31. The minimum absolute atomic E-state index is 0.254. The molecule has 3 heterocycles. The van der Waals surface area contributed by atoms with E-state index in [0.717, 1.165) is 12.8 Å². The van der Waals surface area contributed by atoms with Gasteiger partial charge in [-0.25, -0.2) is 13.4 Å². The number of sulfonamides is 1. The van der Waals surface area contributed by atoms with Crippen LogP contribution in [0, 0.1) is 6.92 Å². The topological polar surface area (TPSA) is 93.0 Å². The maximum atomic E-state index is 13.0. The Labute approximate surface area is 135 Å². The van der Waals surface area contributed by atoms with E-state index in [-0.39, 0.29) is 10.9 Å². The first kappa shape index (κ1) is 15.9. The molecular weight excluding hydrogens is 316 g/mol. The van der Waals surface area contributed by atoms with E-state index in [1.807, 2.05) is 0 Å². The summed E-state index contributed by atoms with van der Waals surface area (Å²) in [4.78, 5) is 8.86. The molecule has 1 N–H and O–H groups in total. The van der Waals surface area contributed by atoms with Crippen molar-refractivity contribution in [1.82, 2.24) is 24.1 Å². The van der Waals surface area contributed by atoms with Crippen LogP contribution in [-0.2, 0) is 17.1 Å². The van der Waals surface area contributed by atoms with Gasteiger partial charge in [-0.3, -0.25) is 9.67 Å². The van der Waals surface area contributed by atoms with Crippen LogP contribution in [0.3, 0.4) is 0 Å². The van der Waals surface area contributed by atoms with Crippen molar-refractivity contribution in [2.24, 2.45) is 7.05 Å². The predicted molar refractivity (Wildman–Crippen MR) is 85.4 cm³/mol. The second-order valence-electron chi connectivity index (χ2n) is 5.61. The van der Waals surface area contributed by atoms with Gasteiger partial charge in [0.25, 0.3) is 0 Å². The van der Waals surface area contributed by atoms with Crippen molar-refractivity contribution < 1.29 is 8.42 Å². The molecule has 0 spiro atoms. The third-order valence-electron chi connectivity index (χ3n) is 4.01. The van der Waals surface area contributed by atoms with Gasteiger partial charge in [-0.05, 0) is 19.8 Å². The number of nitrogens with one attached hydrogen (secondary N) is 1. The first-order chi connectivity index (χ1) is 10.9. The van der Waals surface area contributed by atoms with Crippen LogP contribution in [0.1, 0.15) is 30.3 Å². The molecule has 0 saturated carbocycles. The minimum Gasteiger partial charge on any atom is -0.372 e. The molecule has 9 heteroatoms. The number of anilines is 1. The molecule has 0 unspecified atom stereocenters. The highest BCUT2D eigenvalue weighted by Crippen LogP contribution is 2.36. The van der Waals surface area contributed by atoms with Gasteiger partial charge in [-0.1, -0.05) is 0 Å². The van der Waals surface area contributed by atoms with Crippen LogP contribution in [-0.4, -0.2) is 46.1 Å². The second-order valence-corrected chi connectivity index (χ2v) is 7.46. The molecule has 1 fully saturated rings. The van der Waals surface area contributed by atoms with Gasteiger partial charge in [0.1, 0.15) is 10.7 Å². The van der Waals surface area contributed by atoms with Crippen LogP contribution in [0.4, 0.5) is 5.82 Å². The van der Waals surface area contributed by atoms with Crippen molar-refractivity contribution in [3.63, 3.8) is 0 Å². The number of aromatic nitrogens is 4. The van der Waals surface area contributed by atoms with E-state index in [1.54, 1.807) is 39.6 Å².